The Hall–Kier alpha value is -2.54. The number of nitrogens with zero attached hydrogens (tertiary/aromatic N) is 6. The first-order valence-corrected chi connectivity index (χ1v) is 9.61. The van der Waals surface area contributed by atoms with Crippen molar-refractivity contribution in [2.24, 2.45) is 7.05 Å². The van der Waals surface area contributed by atoms with Crippen molar-refractivity contribution in [2.75, 3.05) is 0 Å². The van der Waals surface area contributed by atoms with Gasteiger partial charge in [-0.2, -0.15) is 10.2 Å². The summed E-state index contributed by atoms with van der Waals surface area (Å²) in [5.74, 6) is 1.06. The first-order valence-electron chi connectivity index (χ1n) is 8.80. The molecular weight excluding hydrogens is 344 g/mol. The lowest BCUT2D eigenvalue weighted by Gasteiger charge is -2.05. The Kier molecular flexibility index (Phi) is 3.31. The Bertz CT molecular complexity index is 1130. The third-order valence-electron chi connectivity index (χ3n) is 5.16. The van der Waals surface area contributed by atoms with E-state index in [0.717, 1.165) is 45.4 Å². The summed E-state index contributed by atoms with van der Waals surface area (Å²) in [6, 6.07) is 4.29. The van der Waals surface area contributed by atoms with E-state index in [1.54, 1.807) is 11.3 Å². The highest BCUT2D eigenvalue weighted by Crippen LogP contribution is 2.55. The van der Waals surface area contributed by atoms with Gasteiger partial charge >= 0.3 is 0 Å². The average Bonchev–Trinajstić information content (AvgIpc) is 2.91. The molecule has 5 rings (SSSR count). The lowest BCUT2D eigenvalue weighted by molar-refractivity contribution is 0.742. The van der Waals surface area contributed by atoms with Crippen molar-refractivity contribution in [3.05, 3.63) is 51.4 Å². The molecule has 132 valence electrons. The molecule has 1 aliphatic carbocycles. The van der Waals surface area contributed by atoms with Gasteiger partial charge in [0.25, 0.3) is 0 Å². The van der Waals surface area contributed by atoms with E-state index in [4.69, 9.17) is 10.2 Å². The maximum Gasteiger partial charge on any atom is 0.156 e. The summed E-state index contributed by atoms with van der Waals surface area (Å²) < 4.78 is 3.86. The SMILES string of the molecule is Cc1ncc([C@@H]2C[C@H]2c2cc(-c3cc(C)c4ncc(C)n4n3)n(C)n2)s1. The molecule has 26 heavy (non-hydrogen) atoms. The summed E-state index contributed by atoms with van der Waals surface area (Å²) in [5.41, 5.74) is 6.20. The normalized spacial score (nSPS) is 19.4. The van der Waals surface area contributed by atoms with Crippen LogP contribution in [0.2, 0.25) is 0 Å². The lowest BCUT2D eigenvalue weighted by atomic mass is 10.2. The molecule has 0 saturated heterocycles. The van der Waals surface area contributed by atoms with E-state index in [1.807, 2.05) is 35.6 Å². The summed E-state index contributed by atoms with van der Waals surface area (Å²) in [4.78, 5) is 10.2. The van der Waals surface area contributed by atoms with Crippen LogP contribution in [0.1, 0.15) is 45.1 Å². The second-order valence-corrected chi connectivity index (χ2v) is 8.42. The Morgan fingerprint density at radius 1 is 1.04 bits per heavy atom. The molecule has 2 atom stereocenters. The number of thiazole rings is 1. The molecule has 0 amide bonds. The molecule has 0 bridgehead atoms. The van der Waals surface area contributed by atoms with E-state index in [2.05, 4.69) is 35.9 Å². The van der Waals surface area contributed by atoms with E-state index in [9.17, 15) is 0 Å². The lowest BCUT2D eigenvalue weighted by Crippen LogP contribution is -2.02. The van der Waals surface area contributed by atoms with Crippen LogP contribution in [-0.4, -0.2) is 29.4 Å². The zero-order valence-corrected chi connectivity index (χ0v) is 16.1. The minimum Gasteiger partial charge on any atom is -0.266 e. The third kappa shape index (κ3) is 2.38. The zero-order chi connectivity index (χ0) is 18.0. The predicted molar refractivity (Wildman–Crippen MR) is 102 cm³/mol. The summed E-state index contributed by atoms with van der Waals surface area (Å²) >= 11 is 1.80. The van der Waals surface area contributed by atoms with Crippen molar-refractivity contribution in [3.63, 3.8) is 0 Å². The van der Waals surface area contributed by atoms with E-state index in [1.165, 1.54) is 4.88 Å². The number of aryl methyl sites for hydroxylation is 4. The van der Waals surface area contributed by atoms with Gasteiger partial charge in [0, 0.05) is 30.0 Å². The van der Waals surface area contributed by atoms with E-state index in [0.29, 0.717) is 11.8 Å². The predicted octanol–water partition coefficient (Wildman–Crippen LogP) is 3.78. The van der Waals surface area contributed by atoms with Gasteiger partial charge in [0.15, 0.2) is 5.65 Å². The van der Waals surface area contributed by atoms with Gasteiger partial charge in [-0.15, -0.1) is 11.3 Å². The maximum atomic E-state index is 4.79. The number of hydrogen-bond donors (Lipinski definition) is 0. The van der Waals surface area contributed by atoms with Gasteiger partial charge < -0.3 is 0 Å². The van der Waals surface area contributed by atoms with Gasteiger partial charge in [0.1, 0.15) is 5.69 Å². The van der Waals surface area contributed by atoms with Crippen molar-refractivity contribution in [2.45, 2.75) is 39.0 Å². The highest BCUT2D eigenvalue weighted by molar-refractivity contribution is 7.11. The minimum atomic E-state index is 0.495. The Morgan fingerprint density at radius 2 is 1.88 bits per heavy atom. The van der Waals surface area contributed by atoms with Crippen molar-refractivity contribution in [1.29, 1.82) is 0 Å². The van der Waals surface area contributed by atoms with E-state index < -0.39 is 0 Å². The van der Waals surface area contributed by atoms with Crippen LogP contribution in [0.4, 0.5) is 0 Å². The Balaban J connectivity index is 1.51. The number of imidazole rings is 1. The molecule has 1 saturated carbocycles. The van der Waals surface area contributed by atoms with Crippen LogP contribution in [0.15, 0.2) is 24.5 Å². The van der Waals surface area contributed by atoms with Crippen LogP contribution in [0.3, 0.4) is 0 Å². The molecule has 7 heteroatoms. The molecule has 0 spiro atoms. The van der Waals surface area contributed by atoms with Gasteiger partial charge in [-0.1, -0.05) is 0 Å². The number of rotatable bonds is 3. The molecule has 4 heterocycles. The second kappa shape index (κ2) is 5.48. The molecular formula is C19H20N6S. The highest BCUT2D eigenvalue weighted by Gasteiger charge is 2.42. The number of fused-ring (bicyclic) bond motifs is 1. The van der Waals surface area contributed by atoms with Crippen molar-refractivity contribution < 1.29 is 0 Å². The molecule has 4 aromatic heterocycles. The van der Waals surface area contributed by atoms with E-state index in [-0.39, 0.29) is 0 Å². The molecule has 0 unspecified atom stereocenters. The van der Waals surface area contributed by atoms with Crippen molar-refractivity contribution >= 4 is 17.0 Å². The smallest absolute Gasteiger partial charge is 0.156 e. The van der Waals surface area contributed by atoms with Crippen LogP contribution in [-0.2, 0) is 7.05 Å². The number of hydrogen-bond acceptors (Lipinski definition) is 5. The monoisotopic (exact) mass is 364 g/mol. The quantitative estimate of drug-likeness (QED) is 0.555. The summed E-state index contributed by atoms with van der Waals surface area (Å²) in [5, 5.41) is 10.7. The van der Waals surface area contributed by atoms with Crippen molar-refractivity contribution in [1.82, 2.24) is 29.4 Å². The standard InChI is InChI=1S/C19H20N6S/c1-10-5-16(23-25-11(2)8-21-19(10)25)17-7-15(22-24(17)4)13-6-14(13)18-9-20-12(3)26-18/h5,7-9,13-14H,6H2,1-4H3/t13-,14-/m1/s1. The molecule has 0 radical (unpaired) electrons. The van der Waals surface area contributed by atoms with Crippen LogP contribution in [0.5, 0.6) is 0 Å². The van der Waals surface area contributed by atoms with Gasteiger partial charge in [0.05, 0.1) is 28.3 Å². The molecule has 0 aliphatic heterocycles. The van der Waals surface area contributed by atoms with Gasteiger partial charge in [-0.25, -0.2) is 14.5 Å². The molecule has 4 aromatic rings. The van der Waals surface area contributed by atoms with Gasteiger partial charge in [-0.05, 0) is 44.9 Å². The molecule has 1 aliphatic rings. The topological polar surface area (TPSA) is 60.9 Å². The summed E-state index contributed by atoms with van der Waals surface area (Å²) in [6.07, 6.45) is 5.04. The highest BCUT2D eigenvalue weighted by atomic mass is 32.1. The van der Waals surface area contributed by atoms with Gasteiger partial charge in [-0.3, -0.25) is 4.68 Å². The van der Waals surface area contributed by atoms with Crippen LogP contribution < -0.4 is 0 Å². The Labute approximate surface area is 155 Å². The molecule has 1 fully saturated rings. The fourth-order valence-corrected chi connectivity index (χ4v) is 4.62. The summed E-state index contributed by atoms with van der Waals surface area (Å²) in [7, 11) is 2.00. The molecule has 6 nitrogen and oxygen atoms in total. The first-order chi connectivity index (χ1) is 12.5. The minimum absolute atomic E-state index is 0.495. The first kappa shape index (κ1) is 15.7. The average molecular weight is 364 g/mol. The van der Waals surface area contributed by atoms with Crippen LogP contribution in [0, 0.1) is 20.8 Å². The third-order valence-corrected chi connectivity index (χ3v) is 6.20. The zero-order valence-electron chi connectivity index (χ0n) is 15.3. The fourth-order valence-electron chi connectivity index (χ4n) is 3.65. The molecule has 0 N–H and O–H groups in total. The van der Waals surface area contributed by atoms with Crippen LogP contribution >= 0.6 is 11.3 Å². The van der Waals surface area contributed by atoms with E-state index >= 15 is 0 Å². The Morgan fingerprint density at radius 3 is 2.65 bits per heavy atom. The number of aromatic nitrogens is 6. The van der Waals surface area contributed by atoms with Crippen molar-refractivity contribution in [3.8, 4) is 11.4 Å². The largest absolute Gasteiger partial charge is 0.266 e. The molecule has 0 aromatic carbocycles. The van der Waals surface area contributed by atoms with Crippen LogP contribution in [0.25, 0.3) is 17.0 Å². The fraction of sp³-hybridized carbons (Fsp3) is 0.368. The second-order valence-electron chi connectivity index (χ2n) is 7.16. The maximum absolute atomic E-state index is 4.79. The summed E-state index contributed by atoms with van der Waals surface area (Å²) in [6.45, 7) is 6.16. The van der Waals surface area contributed by atoms with Gasteiger partial charge in [0.2, 0.25) is 0 Å².